The minimum atomic E-state index is -1.53. The average Bonchev–Trinajstić information content (AvgIpc) is 2.04. The monoisotopic (exact) mass is 348 g/mol. The van der Waals surface area contributed by atoms with E-state index in [9.17, 15) is 0 Å². The van der Waals surface area contributed by atoms with Crippen molar-refractivity contribution in [1.29, 1.82) is 0 Å². The van der Waals surface area contributed by atoms with Crippen molar-refractivity contribution in [2.24, 2.45) is 0 Å². The molecule has 90 valence electrons. The lowest BCUT2D eigenvalue weighted by Crippen LogP contribution is -2.30. The van der Waals surface area contributed by atoms with Crippen molar-refractivity contribution >= 4 is 30.9 Å². The molecule has 0 unspecified atom stereocenters. The van der Waals surface area contributed by atoms with Crippen molar-refractivity contribution in [3.8, 4) is 5.75 Å². The molecule has 0 aromatic heterocycles. The smallest absolute Gasteiger partial charge is 0.242 e. The zero-order chi connectivity index (χ0) is 12.6. The van der Waals surface area contributed by atoms with E-state index in [4.69, 9.17) is 4.43 Å². The van der Waals surface area contributed by atoms with Gasteiger partial charge in [0.1, 0.15) is 5.75 Å². The second kappa shape index (κ2) is 4.68. The Morgan fingerprint density at radius 2 is 1.69 bits per heavy atom. The third kappa shape index (κ3) is 4.09. The Labute approximate surface area is 114 Å². The first kappa shape index (κ1) is 14.0. The fourth-order valence-corrected chi connectivity index (χ4v) is 2.84. The highest BCUT2D eigenvalue weighted by Crippen LogP contribution is 2.33. The van der Waals surface area contributed by atoms with Crippen LogP contribution in [-0.2, 0) is 5.41 Å². The van der Waals surface area contributed by atoms with Gasteiger partial charge in [0.05, 0.1) is 0 Å². The Bertz CT molecular complexity index is 374. The summed E-state index contributed by atoms with van der Waals surface area (Å²) in [5.74, 6) is 1.06. The van der Waals surface area contributed by atoms with E-state index in [1.807, 2.05) is 0 Å². The lowest BCUT2D eigenvalue weighted by Gasteiger charge is -2.27. The highest BCUT2D eigenvalue weighted by atomic mass is 127. The molecule has 0 saturated carbocycles. The first-order valence-electron chi connectivity index (χ1n) is 5.59. The van der Waals surface area contributed by atoms with Gasteiger partial charge in [0.15, 0.2) is 0 Å². The van der Waals surface area contributed by atoms with Crippen LogP contribution < -0.4 is 4.43 Å². The minimum absolute atomic E-state index is 0.135. The van der Waals surface area contributed by atoms with E-state index < -0.39 is 8.32 Å². The molecule has 0 bridgehead atoms. The predicted molar refractivity (Wildman–Crippen MR) is 81.8 cm³/mol. The maximum Gasteiger partial charge on any atom is 0.242 e. The zero-order valence-electron chi connectivity index (χ0n) is 11.0. The lowest BCUT2D eigenvalue weighted by molar-refractivity contribution is 0.508. The first-order chi connectivity index (χ1) is 7.09. The molecule has 0 saturated heterocycles. The van der Waals surface area contributed by atoms with Crippen LogP contribution in [0.5, 0.6) is 5.75 Å². The summed E-state index contributed by atoms with van der Waals surface area (Å²) in [4.78, 5) is 0. The fourth-order valence-electron chi connectivity index (χ4n) is 1.51. The normalized spacial score (nSPS) is 12.7. The molecule has 3 heteroatoms. The molecule has 1 nitrogen and oxygen atoms in total. The Balaban J connectivity index is 3.19. The second-order valence-electron chi connectivity index (χ2n) is 6.10. The Hall–Kier alpha value is -0.0331. The predicted octanol–water partition coefficient (Wildman–Crippen LogP) is 4.80. The number of hydrogen-bond donors (Lipinski definition) is 0. The van der Waals surface area contributed by atoms with Crippen LogP contribution in [0.3, 0.4) is 0 Å². The van der Waals surface area contributed by atoms with Gasteiger partial charge in [-0.25, -0.2) is 0 Å². The topological polar surface area (TPSA) is 9.23 Å². The maximum absolute atomic E-state index is 6.15. The highest BCUT2D eigenvalue weighted by Gasteiger charge is 2.23. The van der Waals surface area contributed by atoms with Gasteiger partial charge in [-0.3, -0.25) is 0 Å². The minimum Gasteiger partial charge on any atom is -0.544 e. The summed E-state index contributed by atoms with van der Waals surface area (Å²) in [6.07, 6.45) is 0. The average molecular weight is 348 g/mol. The molecular formula is C13H21IOSi. The van der Waals surface area contributed by atoms with E-state index in [-0.39, 0.29) is 5.41 Å². The van der Waals surface area contributed by atoms with Crippen molar-refractivity contribution < 1.29 is 4.43 Å². The van der Waals surface area contributed by atoms with Gasteiger partial charge in [0.2, 0.25) is 8.32 Å². The van der Waals surface area contributed by atoms with Crippen molar-refractivity contribution in [3.63, 3.8) is 0 Å². The van der Waals surface area contributed by atoms with Gasteiger partial charge >= 0.3 is 0 Å². The van der Waals surface area contributed by atoms with Gasteiger partial charge in [-0.05, 0) is 71.4 Å². The molecule has 1 rings (SSSR count). The van der Waals surface area contributed by atoms with E-state index in [0.717, 1.165) is 5.75 Å². The summed E-state index contributed by atoms with van der Waals surface area (Å²) in [7, 11) is -1.53. The molecule has 16 heavy (non-hydrogen) atoms. The third-order valence-electron chi connectivity index (χ3n) is 2.17. The van der Waals surface area contributed by atoms with E-state index in [0.29, 0.717) is 0 Å². The summed E-state index contributed by atoms with van der Waals surface area (Å²) in [6, 6.07) is 6.46. The Morgan fingerprint density at radius 1 is 1.12 bits per heavy atom. The van der Waals surface area contributed by atoms with Crippen molar-refractivity contribution in [3.05, 3.63) is 27.3 Å². The highest BCUT2D eigenvalue weighted by molar-refractivity contribution is 14.1. The van der Waals surface area contributed by atoms with Gasteiger partial charge in [-0.1, -0.05) is 20.8 Å². The van der Waals surface area contributed by atoms with Gasteiger partial charge in [0.25, 0.3) is 0 Å². The van der Waals surface area contributed by atoms with Crippen molar-refractivity contribution in [1.82, 2.24) is 0 Å². The molecule has 0 radical (unpaired) electrons. The Morgan fingerprint density at radius 3 is 2.12 bits per heavy atom. The van der Waals surface area contributed by atoms with Gasteiger partial charge in [-0.2, -0.15) is 0 Å². The Kier molecular flexibility index (Phi) is 4.11. The molecule has 1 aromatic rings. The molecule has 0 atom stereocenters. The molecule has 0 spiro atoms. The zero-order valence-corrected chi connectivity index (χ0v) is 14.2. The third-order valence-corrected chi connectivity index (χ3v) is 3.67. The van der Waals surface area contributed by atoms with Crippen LogP contribution in [0.15, 0.2) is 18.2 Å². The standard InChI is InChI=1S/C13H21IOSi/c1-13(2,3)11-9-10(14)7-8-12(11)15-16(4,5)6/h7-9H,1-6H3. The molecule has 0 aliphatic heterocycles. The number of hydrogen-bond acceptors (Lipinski definition) is 1. The summed E-state index contributed by atoms with van der Waals surface area (Å²) < 4.78 is 7.42. The molecule has 0 amide bonds. The van der Waals surface area contributed by atoms with Crippen molar-refractivity contribution in [2.75, 3.05) is 0 Å². The molecule has 1 aromatic carbocycles. The van der Waals surface area contributed by atoms with E-state index in [1.165, 1.54) is 9.13 Å². The van der Waals surface area contributed by atoms with Crippen LogP contribution in [0, 0.1) is 3.57 Å². The first-order valence-corrected chi connectivity index (χ1v) is 10.1. The van der Waals surface area contributed by atoms with Gasteiger partial charge < -0.3 is 4.43 Å². The van der Waals surface area contributed by atoms with Crippen LogP contribution in [0.2, 0.25) is 19.6 Å². The van der Waals surface area contributed by atoms with E-state index >= 15 is 0 Å². The molecular weight excluding hydrogens is 327 g/mol. The van der Waals surface area contributed by atoms with Gasteiger partial charge in [-0.15, -0.1) is 0 Å². The molecule has 0 heterocycles. The molecule has 0 fully saturated rings. The number of halogens is 1. The summed E-state index contributed by atoms with van der Waals surface area (Å²) in [5.41, 5.74) is 1.44. The molecule has 0 aliphatic rings. The number of benzene rings is 1. The SMILES string of the molecule is CC(C)(C)c1cc(I)ccc1O[Si](C)(C)C. The van der Waals surface area contributed by atoms with E-state index in [1.54, 1.807) is 0 Å². The summed E-state index contributed by atoms with van der Waals surface area (Å²) in [5, 5.41) is 0. The lowest BCUT2D eigenvalue weighted by atomic mass is 9.86. The molecule has 0 N–H and O–H groups in total. The van der Waals surface area contributed by atoms with Crippen molar-refractivity contribution in [2.45, 2.75) is 45.8 Å². The van der Waals surface area contributed by atoms with Crippen LogP contribution in [-0.4, -0.2) is 8.32 Å². The quantitative estimate of drug-likeness (QED) is 0.551. The number of rotatable bonds is 2. The fraction of sp³-hybridized carbons (Fsp3) is 0.538. The van der Waals surface area contributed by atoms with Crippen LogP contribution >= 0.6 is 22.6 Å². The largest absolute Gasteiger partial charge is 0.544 e. The van der Waals surface area contributed by atoms with Gasteiger partial charge in [0, 0.05) is 3.57 Å². The summed E-state index contributed by atoms with van der Waals surface area (Å²) in [6.45, 7) is 13.4. The van der Waals surface area contributed by atoms with E-state index in [2.05, 4.69) is 81.2 Å². The van der Waals surface area contributed by atoms with Crippen LogP contribution in [0.1, 0.15) is 26.3 Å². The van der Waals surface area contributed by atoms with Crippen LogP contribution in [0.4, 0.5) is 0 Å². The second-order valence-corrected chi connectivity index (χ2v) is 11.8. The maximum atomic E-state index is 6.15. The van der Waals surface area contributed by atoms with Crippen LogP contribution in [0.25, 0.3) is 0 Å². The molecule has 0 aliphatic carbocycles. The summed E-state index contributed by atoms with van der Waals surface area (Å²) >= 11 is 2.36.